The van der Waals surface area contributed by atoms with Crippen molar-refractivity contribution in [2.75, 3.05) is 6.61 Å². The highest BCUT2D eigenvalue weighted by Crippen LogP contribution is 2.38. The lowest BCUT2D eigenvalue weighted by atomic mass is 9.95. The van der Waals surface area contributed by atoms with Crippen LogP contribution in [0.2, 0.25) is 0 Å². The normalized spacial score (nSPS) is 42.2. The van der Waals surface area contributed by atoms with Crippen molar-refractivity contribution in [3.63, 3.8) is 0 Å². The van der Waals surface area contributed by atoms with Gasteiger partial charge in [0.25, 0.3) is 0 Å². The third-order valence-corrected chi connectivity index (χ3v) is 14.4. The molecule has 21 nitrogen and oxygen atoms in total. The Bertz CT molecular complexity index is 1670. The minimum atomic E-state index is -1.92. The Labute approximate surface area is 417 Å². The van der Waals surface area contributed by atoms with Gasteiger partial charge < -0.3 is 87.9 Å². The first-order valence-corrected chi connectivity index (χ1v) is 26.0. The summed E-state index contributed by atoms with van der Waals surface area (Å²) in [6.07, 6.45) is -19.4. The van der Waals surface area contributed by atoms with Crippen LogP contribution in [0.4, 0.5) is 0 Å². The lowest BCUT2D eigenvalue weighted by molar-refractivity contribution is -0.399. The summed E-state index contributed by atoms with van der Waals surface area (Å²) < 4.78 is 68.3. The van der Waals surface area contributed by atoms with Crippen LogP contribution in [-0.4, -0.2) is 189 Å². The number of esters is 3. The van der Waals surface area contributed by atoms with E-state index in [-0.39, 0.29) is 18.1 Å². The molecule has 71 heavy (non-hydrogen) atoms. The summed E-state index contributed by atoms with van der Waals surface area (Å²) in [7, 11) is 0. The number of unbranched alkanes of at least 4 members (excludes halogenated alkanes) is 2. The highest BCUT2D eigenvalue weighted by atomic mass is 16.8. The maximum Gasteiger partial charge on any atom is 0.333 e. The van der Waals surface area contributed by atoms with Crippen molar-refractivity contribution in [2.24, 2.45) is 5.92 Å². The molecule has 5 fully saturated rings. The zero-order valence-electron chi connectivity index (χ0n) is 42.7. The predicted molar refractivity (Wildman–Crippen MR) is 249 cm³/mol. The lowest BCUT2D eigenvalue weighted by Gasteiger charge is -2.50. The smallest absolute Gasteiger partial charge is 0.333 e. The van der Waals surface area contributed by atoms with Crippen molar-refractivity contribution in [1.82, 2.24) is 0 Å². The van der Waals surface area contributed by atoms with Gasteiger partial charge in [0.05, 0.1) is 36.9 Å². The third kappa shape index (κ3) is 15.6. The van der Waals surface area contributed by atoms with Gasteiger partial charge in [-0.3, -0.25) is 9.59 Å². The fourth-order valence-corrected chi connectivity index (χ4v) is 9.42. The van der Waals surface area contributed by atoms with Gasteiger partial charge in [-0.1, -0.05) is 84.6 Å². The Morgan fingerprint density at radius 2 is 1.27 bits per heavy atom. The Morgan fingerprint density at radius 1 is 0.662 bits per heavy atom. The number of carbonyl (C=O) groups is 3. The van der Waals surface area contributed by atoms with E-state index in [0.717, 1.165) is 51.4 Å². The van der Waals surface area contributed by atoms with E-state index in [0.29, 0.717) is 32.1 Å². The van der Waals surface area contributed by atoms with E-state index in [4.69, 9.17) is 52.1 Å². The second-order valence-corrected chi connectivity index (χ2v) is 19.9. The number of hydrogen-bond donors (Lipinski definition) is 7. The summed E-state index contributed by atoms with van der Waals surface area (Å²) in [5.74, 6) is -2.91. The van der Waals surface area contributed by atoms with E-state index < -0.39 is 153 Å². The van der Waals surface area contributed by atoms with Crippen LogP contribution >= 0.6 is 0 Å². The zero-order valence-corrected chi connectivity index (χ0v) is 42.7. The molecule has 5 saturated heterocycles. The van der Waals surface area contributed by atoms with Crippen molar-refractivity contribution in [1.29, 1.82) is 0 Å². The van der Waals surface area contributed by atoms with Crippen LogP contribution in [0, 0.1) is 5.92 Å². The number of rotatable bonds is 12. The Kier molecular flexibility index (Phi) is 23.8. The molecule has 21 heteroatoms. The highest BCUT2D eigenvalue weighted by molar-refractivity contribution is 5.87. The molecule has 0 saturated carbocycles. The number of ether oxygens (including phenoxy) is 11. The predicted octanol–water partition coefficient (Wildman–Crippen LogP) is 2.50. The van der Waals surface area contributed by atoms with Gasteiger partial charge >= 0.3 is 17.9 Å². The highest BCUT2D eigenvalue weighted by Gasteiger charge is 2.58. The average Bonchev–Trinajstić information content (AvgIpc) is 3.34. The van der Waals surface area contributed by atoms with Gasteiger partial charge in [-0.05, 0) is 60.3 Å². The fraction of sp³-hybridized carbons (Fsp3) is 0.900. The minimum Gasteiger partial charge on any atom is -0.455 e. The van der Waals surface area contributed by atoms with Gasteiger partial charge in [-0.25, -0.2) is 4.79 Å². The average molecular weight is 1020 g/mol. The molecular weight excluding hydrogens is 937 g/mol. The molecule has 7 N–H and O–H groups in total. The molecule has 5 aliphatic heterocycles. The molecule has 5 heterocycles. The van der Waals surface area contributed by atoms with Crippen molar-refractivity contribution >= 4 is 17.9 Å². The first-order valence-electron chi connectivity index (χ1n) is 26.0. The van der Waals surface area contributed by atoms with Crippen molar-refractivity contribution in [3.05, 3.63) is 11.6 Å². The van der Waals surface area contributed by atoms with Crippen LogP contribution < -0.4 is 0 Å². The molecule has 5 rings (SSSR count). The minimum absolute atomic E-state index is 0.0407. The summed E-state index contributed by atoms with van der Waals surface area (Å²) >= 11 is 0. The topological polar surface area (TPSA) is 294 Å². The summed E-state index contributed by atoms with van der Waals surface area (Å²) in [5.41, 5.74) is 0.261. The van der Waals surface area contributed by atoms with E-state index in [9.17, 15) is 50.1 Å². The second kappa shape index (κ2) is 28.4. The first-order chi connectivity index (χ1) is 33.8. The molecular formula is C50H84O21. The SMILES string of the molecule is C/C=C(\C)C(=O)OC1C(C)OC(OC2C(C)OC3OC4C(OC(CO)C(O)C4O)OC4C(OC(CCCCC)CCCCCCCCCC(=O)OC2C3OC(=O)C(C)CC)OC(C)C(O)C4O)C(O)C1O. The van der Waals surface area contributed by atoms with Gasteiger partial charge in [0.1, 0.15) is 61.0 Å². The number of allylic oxidation sites excluding steroid dienone is 1. The molecule has 22 atom stereocenters. The quantitative estimate of drug-likeness (QED) is 0.0640. The molecule has 410 valence electrons. The van der Waals surface area contributed by atoms with Crippen molar-refractivity contribution in [3.8, 4) is 0 Å². The Morgan fingerprint density at radius 3 is 1.92 bits per heavy atom. The molecule has 0 amide bonds. The molecule has 0 aromatic carbocycles. The maximum absolute atomic E-state index is 13.9. The summed E-state index contributed by atoms with van der Waals surface area (Å²) in [6.45, 7) is 12.4. The van der Waals surface area contributed by atoms with E-state index >= 15 is 0 Å². The monoisotopic (exact) mass is 1020 g/mol. The van der Waals surface area contributed by atoms with Gasteiger partial charge in [0, 0.05) is 12.0 Å². The molecule has 0 aromatic rings. The Balaban J connectivity index is 1.55. The van der Waals surface area contributed by atoms with Crippen molar-refractivity contribution in [2.45, 2.75) is 274 Å². The molecule has 5 aliphatic rings. The van der Waals surface area contributed by atoms with Crippen LogP contribution in [0.15, 0.2) is 11.6 Å². The molecule has 0 radical (unpaired) electrons. The van der Waals surface area contributed by atoms with Gasteiger partial charge in [0.15, 0.2) is 43.5 Å². The molecule has 22 unspecified atom stereocenters. The molecule has 0 aromatic heterocycles. The van der Waals surface area contributed by atoms with Crippen LogP contribution in [0.25, 0.3) is 0 Å². The molecule has 0 spiro atoms. The van der Waals surface area contributed by atoms with Crippen molar-refractivity contribution < 1.29 is 102 Å². The third-order valence-electron chi connectivity index (χ3n) is 14.4. The number of aliphatic hydroxyl groups excluding tert-OH is 7. The summed E-state index contributed by atoms with van der Waals surface area (Å²) in [6, 6.07) is 0. The molecule has 0 aliphatic carbocycles. The standard InChI is InChI=1S/C50H84O21/c1-9-12-18-21-30-22-19-16-14-13-15-17-20-23-32(52)66-43-40(69-47-38(58)37(57)39(28(7)62-47)67-45(59)25(4)10-2)29(8)63-50(44(43)68-46(60)26(5)11-3)71-42-36(56)34(54)31(24-51)65-49(42)70-41-35(55)33(53)27(6)61-48(41)64-30/h10,26-31,33-44,47-51,53-58H,9,11-24H2,1-8H3/b25-10+. The lowest BCUT2D eigenvalue weighted by Crippen LogP contribution is -2.68. The number of aliphatic hydroxyl groups is 7. The number of carbonyl (C=O) groups excluding carboxylic acids is 3. The fourth-order valence-electron chi connectivity index (χ4n) is 9.42. The largest absolute Gasteiger partial charge is 0.455 e. The van der Waals surface area contributed by atoms with E-state index in [1.165, 1.54) is 26.8 Å². The summed E-state index contributed by atoms with van der Waals surface area (Å²) in [5, 5.41) is 78.9. The summed E-state index contributed by atoms with van der Waals surface area (Å²) in [4.78, 5) is 40.5. The molecule has 2 bridgehead atoms. The van der Waals surface area contributed by atoms with E-state index in [1.807, 2.05) is 0 Å². The second-order valence-electron chi connectivity index (χ2n) is 19.9. The van der Waals surface area contributed by atoms with Gasteiger partial charge in [-0.2, -0.15) is 0 Å². The van der Waals surface area contributed by atoms with Crippen LogP contribution in [-0.2, 0) is 66.5 Å². The van der Waals surface area contributed by atoms with Crippen LogP contribution in [0.5, 0.6) is 0 Å². The van der Waals surface area contributed by atoms with Crippen LogP contribution in [0.1, 0.15) is 145 Å². The number of fused-ring (bicyclic) bond motifs is 4. The van der Waals surface area contributed by atoms with Gasteiger partial charge in [-0.15, -0.1) is 0 Å². The zero-order chi connectivity index (χ0) is 52.1. The first kappa shape index (κ1) is 59.4. The van der Waals surface area contributed by atoms with E-state index in [2.05, 4.69) is 6.92 Å². The maximum atomic E-state index is 13.9. The number of hydrogen-bond acceptors (Lipinski definition) is 21. The Hall–Kier alpha value is -2.45. The van der Waals surface area contributed by atoms with E-state index in [1.54, 1.807) is 27.7 Å². The van der Waals surface area contributed by atoms with Gasteiger partial charge in [0.2, 0.25) is 0 Å². The van der Waals surface area contributed by atoms with Crippen LogP contribution in [0.3, 0.4) is 0 Å².